The van der Waals surface area contributed by atoms with E-state index in [1.807, 2.05) is 31.2 Å². The van der Waals surface area contributed by atoms with Crippen LogP contribution in [-0.4, -0.2) is 14.5 Å². The Hall–Kier alpha value is -2.80. The molecule has 0 saturated carbocycles. The minimum Gasteiger partial charge on any atom is -0.264 e. The average Bonchev–Trinajstić information content (AvgIpc) is 2.73. The van der Waals surface area contributed by atoms with Gasteiger partial charge in [-0.15, -0.1) is 0 Å². The highest BCUT2D eigenvalue weighted by atomic mass is 32.2. The highest BCUT2D eigenvalue weighted by molar-refractivity contribution is 7.92. The maximum Gasteiger partial charge on any atom is 0.416 e. The van der Waals surface area contributed by atoms with Gasteiger partial charge in [-0.2, -0.15) is 13.2 Å². The van der Waals surface area contributed by atoms with Gasteiger partial charge in [0.25, 0.3) is 10.0 Å². The highest BCUT2D eigenvalue weighted by Crippen LogP contribution is 2.36. The summed E-state index contributed by atoms with van der Waals surface area (Å²) in [5, 5.41) is 0. The molecule has 170 valence electrons. The van der Waals surface area contributed by atoms with Gasteiger partial charge in [0.15, 0.2) is 0 Å². The second-order valence-electron chi connectivity index (χ2n) is 8.03. The molecule has 0 saturated heterocycles. The fourth-order valence-corrected chi connectivity index (χ4v) is 5.32. The molecule has 0 aromatic heterocycles. The first kappa shape index (κ1) is 23.9. The van der Waals surface area contributed by atoms with E-state index >= 15 is 0 Å². The van der Waals surface area contributed by atoms with Crippen LogP contribution >= 0.6 is 0 Å². The Kier molecular flexibility index (Phi) is 6.98. The number of hydrogen-bond acceptors (Lipinski definition) is 2. The molecule has 0 fully saturated rings. The fourth-order valence-electron chi connectivity index (χ4n) is 3.60. The van der Waals surface area contributed by atoms with E-state index in [9.17, 15) is 21.6 Å². The van der Waals surface area contributed by atoms with Gasteiger partial charge >= 0.3 is 6.18 Å². The van der Waals surface area contributed by atoms with Gasteiger partial charge in [-0.25, -0.2) is 8.42 Å². The lowest BCUT2D eigenvalue weighted by molar-refractivity contribution is -0.137. The summed E-state index contributed by atoms with van der Waals surface area (Å²) in [4.78, 5) is 0.0954. The zero-order chi connectivity index (χ0) is 23.5. The van der Waals surface area contributed by atoms with Gasteiger partial charge in [-0.05, 0) is 75.1 Å². The summed E-state index contributed by atoms with van der Waals surface area (Å²) in [6, 6.07) is 18.5. The summed E-state index contributed by atoms with van der Waals surface area (Å²) in [6.45, 7) is 5.38. The zero-order valence-corrected chi connectivity index (χ0v) is 19.0. The minimum atomic E-state index is -4.52. The monoisotopic (exact) mass is 461 g/mol. The lowest BCUT2D eigenvalue weighted by Gasteiger charge is -2.30. The Labute approximate surface area is 187 Å². The van der Waals surface area contributed by atoms with Crippen molar-refractivity contribution in [1.82, 2.24) is 0 Å². The van der Waals surface area contributed by atoms with Crippen molar-refractivity contribution in [2.24, 2.45) is 0 Å². The Morgan fingerprint density at radius 1 is 0.875 bits per heavy atom. The van der Waals surface area contributed by atoms with E-state index in [0.29, 0.717) is 12.0 Å². The van der Waals surface area contributed by atoms with E-state index in [4.69, 9.17) is 0 Å². The summed E-state index contributed by atoms with van der Waals surface area (Å²) in [5.41, 5.74) is 1.88. The molecule has 3 nitrogen and oxygen atoms in total. The third-order valence-corrected chi connectivity index (χ3v) is 7.22. The summed E-state index contributed by atoms with van der Waals surface area (Å²) < 4.78 is 68.4. The number of nitrogens with zero attached hydrogens (tertiary/aromatic N) is 1. The number of hydrogen-bond donors (Lipinski definition) is 0. The molecule has 0 N–H and O–H groups in total. The Bertz CT molecular complexity index is 1160. The standard InChI is InChI=1S/C25H26F3NO2S/c1-18(2)29(32(30,31)23-7-5-4-6-8-23)24-16-15-22(25(26,27)28)17-21(24)14-13-20-11-9-19(3)10-12-20/h4-12,15-18H,13-14H2,1-3H3. The molecule has 0 radical (unpaired) electrons. The van der Waals surface area contributed by atoms with Crippen molar-refractivity contribution in [3.05, 3.63) is 95.1 Å². The molecule has 0 aliphatic heterocycles. The maximum absolute atomic E-state index is 13.4. The van der Waals surface area contributed by atoms with Crippen LogP contribution in [0.1, 0.15) is 36.1 Å². The molecule has 0 aliphatic carbocycles. The van der Waals surface area contributed by atoms with Crippen molar-refractivity contribution in [1.29, 1.82) is 0 Å². The highest BCUT2D eigenvalue weighted by Gasteiger charge is 2.34. The molecule has 0 spiro atoms. The third kappa shape index (κ3) is 5.33. The van der Waals surface area contributed by atoms with E-state index in [1.165, 1.54) is 22.5 Å². The first-order valence-electron chi connectivity index (χ1n) is 10.4. The van der Waals surface area contributed by atoms with Crippen molar-refractivity contribution in [2.45, 2.75) is 50.7 Å². The van der Waals surface area contributed by atoms with Crippen LogP contribution in [0.4, 0.5) is 18.9 Å². The van der Waals surface area contributed by atoms with Crippen LogP contribution in [0.3, 0.4) is 0 Å². The molecule has 3 aromatic rings. The number of alkyl halides is 3. The predicted molar refractivity (Wildman–Crippen MR) is 121 cm³/mol. The van der Waals surface area contributed by atoms with Crippen molar-refractivity contribution in [3.63, 3.8) is 0 Å². The average molecular weight is 462 g/mol. The van der Waals surface area contributed by atoms with Gasteiger partial charge in [-0.3, -0.25) is 4.31 Å². The van der Waals surface area contributed by atoms with E-state index in [-0.39, 0.29) is 17.0 Å². The molecular weight excluding hydrogens is 435 g/mol. The summed E-state index contributed by atoms with van der Waals surface area (Å²) in [5.74, 6) is 0. The van der Waals surface area contributed by atoms with Crippen LogP contribution < -0.4 is 4.31 Å². The first-order valence-corrected chi connectivity index (χ1v) is 11.8. The van der Waals surface area contributed by atoms with Crippen LogP contribution in [0.2, 0.25) is 0 Å². The number of halogens is 3. The smallest absolute Gasteiger partial charge is 0.264 e. The van der Waals surface area contributed by atoms with Crippen molar-refractivity contribution < 1.29 is 21.6 Å². The topological polar surface area (TPSA) is 37.4 Å². The molecule has 0 aliphatic rings. The molecule has 3 aromatic carbocycles. The molecule has 0 bridgehead atoms. The summed E-state index contributed by atoms with van der Waals surface area (Å²) >= 11 is 0. The number of anilines is 1. The van der Waals surface area contributed by atoms with Gasteiger partial charge in [0.2, 0.25) is 0 Å². The van der Waals surface area contributed by atoms with Crippen LogP contribution in [0.25, 0.3) is 0 Å². The number of sulfonamides is 1. The molecule has 0 heterocycles. The molecule has 0 unspecified atom stereocenters. The normalized spacial score (nSPS) is 12.2. The number of aryl methyl sites for hydroxylation is 3. The lowest BCUT2D eigenvalue weighted by Crippen LogP contribution is -2.37. The largest absolute Gasteiger partial charge is 0.416 e. The lowest BCUT2D eigenvalue weighted by atomic mass is 9.99. The number of benzene rings is 3. The Balaban J connectivity index is 2.08. The van der Waals surface area contributed by atoms with Gasteiger partial charge in [-0.1, -0.05) is 48.0 Å². The molecule has 0 amide bonds. The zero-order valence-electron chi connectivity index (χ0n) is 18.2. The van der Waals surface area contributed by atoms with Crippen LogP contribution in [0, 0.1) is 6.92 Å². The van der Waals surface area contributed by atoms with E-state index in [1.54, 1.807) is 32.0 Å². The molecule has 3 rings (SSSR count). The van der Waals surface area contributed by atoms with Crippen molar-refractivity contribution in [2.75, 3.05) is 4.31 Å². The number of rotatable bonds is 7. The van der Waals surface area contributed by atoms with E-state index < -0.39 is 27.8 Å². The van der Waals surface area contributed by atoms with Crippen molar-refractivity contribution in [3.8, 4) is 0 Å². The fraction of sp³-hybridized carbons (Fsp3) is 0.280. The first-order chi connectivity index (χ1) is 15.0. The third-order valence-electron chi connectivity index (χ3n) is 5.22. The van der Waals surface area contributed by atoms with Crippen molar-refractivity contribution >= 4 is 15.7 Å². The second kappa shape index (κ2) is 9.36. The Morgan fingerprint density at radius 3 is 2.06 bits per heavy atom. The van der Waals surface area contributed by atoms with Gasteiger partial charge < -0.3 is 0 Å². The quantitative estimate of drug-likeness (QED) is 0.408. The van der Waals surface area contributed by atoms with Crippen LogP contribution in [0.5, 0.6) is 0 Å². The van der Waals surface area contributed by atoms with Crippen LogP contribution in [0.15, 0.2) is 77.7 Å². The molecule has 7 heteroatoms. The molecular formula is C25H26F3NO2S. The maximum atomic E-state index is 13.4. The Morgan fingerprint density at radius 2 is 1.50 bits per heavy atom. The molecule has 0 atom stereocenters. The van der Waals surface area contributed by atoms with E-state index in [0.717, 1.165) is 23.3 Å². The minimum absolute atomic E-state index is 0.0954. The summed E-state index contributed by atoms with van der Waals surface area (Å²) in [7, 11) is -3.96. The van der Waals surface area contributed by atoms with Gasteiger partial charge in [0.05, 0.1) is 16.1 Å². The van der Waals surface area contributed by atoms with E-state index in [2.05, 4.69) is 0 Å². The van der Waals surface area contributed by atoms with Gasteiger partial charge in [0.1, 0.15) is 0 Å². The second-order valence-corrected chi connectivity index (χ2v) is 9.85. The SMILES string of the molecule is Cc1ccc(CCc2cc(C(F)(F)F)ccc2N(C(C)C)S(=O)(=O)c2ccccc2)cc1. The van der Waals surface area contributed by atoms with Gasteiger partial charge in [0, 0.05) is 6.04 Å². The van der Waals surface area contributed by atoms with Crippen LogP contribution in [-0.2, 0) is 29.0 Å². The molecule has 32 heavy (non-hydrogen) atoms. The summed E-state index contributed by atoms with van der Waals surface area (Å²) in [6.07, 6.45) is -3.75. The predicted octanol–water partition coefficient (Wildman–Crippen LogP) is 6.40.